The summed E-state index contributed by atoms with van der Waals surface area (Å²) in [6, 6.07) is 13.7. The maximum atomic E-state index is 13.5. The second-order valence-electron chi connectivity index (χ2n) is 7.01. The Hall–Kier alpha value is -3.03. The number of halogens is 3. The van der Waals surface area contributed by atoms with Crippen LogP contribution in [-0.4, -0.2) is 41.1 Å². The first-order chi connectivity index (χ1) is 13.2. The van der Waals surface area contributed by atoms with E-state index in [2.05, 4.69) is 0 Å². The van der Waals surface area contributed by atoms with E-state index in [-0.39, 0.29) is 6.54 Å². The summed E-state index contributed by atoms with van der Waals surface area (Å²) in [5, 5.41) is 9.25. The number of ether oxygens (including phenoxy) is 1. The Bertz CT molecular complexity index is 913. The Morgan fingerprint density at radius 2 is 1.57 bits per heavy atom. The quantitative estimate of drug-likeness (QED) is 0.846. The molecule has 0 aliphatic carbocycles. The molecule has 1 N–H and O–H groups in total. The maximum absolute atomic E-state index is 13.5. The number of rotatable bonds is 2. The van der Waals surface area contributed by atoms with Gasteiger partial charge in [0.2, 0.25) is 5.91 Å². The zero-order valence-corrected chi connectivity index (χ0v) is 14.6. The van der Waals surface area contributed by atoms with Gasteiger partial charge in [0.05, 0.1) is 5.92 Å². The van der Waals surface area contributed by atoms with Gasteiger partial charge in [-0.05, 0) is 18.6 Å². The highest BCUT2D eigenvalue weighted by Crippen LogP contribution is 2.49. The number of alkyl halides is 3. The molecule has 0 radical (unpaired) electrons. The number of para-hydroxylation sites is 2. The van der Waals surface area contributed by atoms with Crippen molar-refractivity contribution in [2.24, 2.45) is 5.41 Å². The largest absolute Gasteiger partial charge is 0.481 e. The highest BCUT2D eigenvalue weighted by molar-refractivity contribution is 5.91. The maximum Gasteiger partial charge on any atom is 0.406 e. The van der Waals surface area contributed by atoms with Crippen molar-refractivity contribution in [3.63, 3.8) is 0 Å². The van der Waals surface area contributed by atoms with E-state index in [1.54, 1.807) is 48.5 Å². The third-order valence-corrected chi connectivity index (χ3v) is 5.46. The average molecular weight is 391 g/mol. The Morgan fingerprint density at radius 1 is 1.04 bits per heavy atom. The molecule has 1 fully saturated rings. The van der Waals surface area contributed by atoms with Crippen LogP contribution in [0.1, 0.15) is 23.5 Å². The molecule has 8 heteroatoms. The summed E-state index contributed by atoms with van der Waals surface area (Å²) in [5.74, 6) is -2.45. The molecule has 1 atom stereocenters. The first kappa shape index (κ1) is 18.3. The van der Waals surface area contributed by atoms with Crippen molar-refractivity contribution in [1.82, 2.24) is 4.90 Å². The molecule has 0 bridgehead atoms. The van der Waals surface area contributed by atoms with Crippen molar-refractivity contribution < 1.29 is 32.6 Å². The molecular formula is C20H16F3NO4. The van der Waals surface area contributed by atoms with Crippen LogP contribution in [-0.2, 0) is 9.59 Å². The van der Waals surface area contributed by atoms with Crippen LogP contribution >= 0.6 is 0 Å². The lowest BCUT2D eigenvalue weighted by Crippen LogP contribution is -2.48. The van der Waals surface area contributed by atoms with Gasteiger partial charge in [-0.25, -0.2) is 0 Å². The fourth-order valence-electron chi connectivity index (χ4n) is 3.88. The summed E-state index contributed by atoms with van der Waals surface area (Å²) in [6.45, 7) is -1.17. The van der Waals surface area contributed by atoms with Gasteiger partial charge in [0.1, 0.15) is 11.5 Å². The summed E-state index contributed by atoms with van der Waals surface area (Å²) < 4.78 is 46.3. The minimum absolute atomic E-state index is 0.271. The number of benzene rings is 2. The van der Waals surface area contributed by atoms with Gasteiger partial charge in [-0.3, -0.25) is 9.59 Å². The summed E-state index contributed by atoms with van der Waals surface area (Å²) in [7, 11) is 0. The predicted octanol–water partition coefficient (Wildman–Crippen LogP) is 3.79. The number of carbonyl (C=O) groups excluding carboxylic acids is 1. The van der Waals surface area contributed by atoms with E-state index in [1.807, 2.05) is 0 Å². The third-order valence-electron chi connectivity index (χ3n) is 5.46. The number of carbonyl (C=O) groups is 2. The first-order valence-electron chi connectivity index (χ1n) is 8.69. The van der Waals surface area contributed by atoms with Crippen LogP contribution in [0.15, 0.2) is 48.5 Å². The number of likely N-dealkylation sites (tertiary alicyclic amines) is 1. The fraction of sp³-hybridized carbons (Fsp3) is 0.300. The topological polar surface area (TPSA) is 66.8 Å². The molecule has 1 amide bonds. The highest BCUT2D eigenvalue weighted by atomic mass is 19.4. The molecule has 1 unspecified atom stereocenters. The smallest absolute Gasteiger partial charge is 0.406 e. The minimum Gasteiger partial charge on any atom is -0.481 e. The van der Waals surface area contributed by atoms with Crippen molar-refractivity contribution in [2.75, 3.05) is 13.1 Å². The van der Waals surface area contributed by atoms with Gasteiger partial charge < -0.3 is 14.7 Å². The summed E-state index contributed by atoms with van der Waals surface area (Å²) in [4.78, 5) is 25.7. The third kappa shape index (κ3) is 2.63. The van der Waals surface area contributed by atoms with Gasteiger partial charge in [0.25, 0.3) is 0 Å². The number of carboxylic acids is 1. The summed E-state index contributed by atoms with van der Waals surface area (Å²) in [6.07, 6.45) is -5.61. The number of nitrogens with zero attached hydrogens (tertiary/aromatic N) is 1. The normalized spacial score (nSPS) is 21.6. The van der Waals surface area contributed by atoms with Crippen molar-refractivity contribution in [3.8, 4) is 11.5 Å². The van der Waals surface area contributed by atoms with Crippen LogP contribution in [0.4, 0.5) is 13.2 Å². The molecule has 2 aliphatic rings. The Balaban J connectivity index is 1.73. The van der Waals surface area contributed by atoms with Crippen molar-refractivity contribution in [2.45, 2.75) is 18.5 Å². The molecule has 2 aromatic carbocycles. The number of aliphatic carboxylic acids is 1. The lowest BCUT2D eigenvalue weighted by molar-refractivity contribution is -0.227. The number of amides is 1. The molecular weight excluding hydrogens is 375 g/mol. The molecule has 0 saturated carbocycles. The SMILES string of the molecule is O=C(C1c2ccccc2Oc2ccccc21)N1CCC(C(=O)O)(C(F)(F)F)C1. The number of hydrogen-bond acceptors (Lipinski definition) is 3. The molecule has 1 saturated heterocycles. The van der Waals surface area contributed by atoms with Crippen LogP contribution in [0, 0.1) is 5.41 Å². The van der Waals surface area contributed by atoms with E-state index in [0.29, 0.717) is 22.6 Å². The lowest BCUT2D eigenvalue weighted by Gasteiger charge is -2.31. The van der Waals surface area contributed by atoms with Crippen LogP contribution in [0.5, 0.6) is 11.5 Å². The zero-order valence-electron chi connectivity index (χ0n) is 14.6. The molecule has 146 valence electrons. The van der Waals surface area contributed by atoms with E-state index in [1.165, 1.54) is 0 Å². The second-order valence-corrected chi connectivity index (χ2v) is 7.01. The van der Waals surface area contributed by atoms with Gasteiger partial charge in [-0.1, -0.05) is 36.4 Å². The number of carboxylic acid groups (broad SMARTS) is 1. The molecule has 0 aromatic heterocycles. The zero-order chi connectivity index (χ0) is 20.1. The van der Waals surface area contributed by atoms with Crippen LogP contribution in [0.2, 0.25) is 0 Å². The van der Waals surface area contributed by atoms with Crippen LogP contribution in [0.3, 0.4) is 0 Å². The molecule has 28 heavy (non-hydrogen) atoms. The van der Waals surface area contributed by atoms with Crippen LogP contribution in [0.25, 0.3) is 0 Å². The van der Waals surface area contributed by atoms with Crippen molar-refractivity contribution in [1.29, 1.82) is 0 Å². The van der Waals surface area contributed by atoms with E-state index >= 15 is 0 Å². The molecule has 5 nitrogen and oxygen atoms in total. The summed E-state index contributed by atoms with van der Waals surface area (Å²) in [5.41, 5.74) is -1.84. The molecule has 2 heterocycles. The van der Waals surface area contributed by atoms with Gasteiger partial charge >= 0.3 is 12.1 Å². The van der Waals surface area contributed by atoms with E-state index in [9.17, 15) is 27.9 Å². The number of fused-ring (bicyclic) bond motifs is 2. The summed E-state index contributed by atoms with van der Waals surface area (Å²) >= 11 is 0. The van der Waals surface area contributed by atoms with E-state index < -0.39 is 42.4 Å². The first-order valence-corrected chi connectivity index (χ1v) is 8.69. The van der Waals surface area contributed by atoms with Crippen LogP contribution < -0.4 is 4.74 Å². The highest BCUT2D eigenvalue weighted by Gasteiger charge is 2.64. The number of hydrogen-bond donors (Lipinski definition) is 1. The monoisotopic (exact) mass is 391 g/mol. The predicted molar refractivity (Wildman–Crippen MR) is 92.1 cm³/mol. The van der Waals surface area contributed by atoms with Crippen molar-refractivity contribution in [3.05, 3.63) is 59.7 Å². The molecule has 4 rings (SSSR count). The van der Waals surface area contributed by atoms with E-state index in [4.69, 9.17) is 4.74 Å². The Kier molecular flexibility index (Phi) is 4.10. The Labute approximate surface area is 158 Å². The van der Waals surface area contributed by atoms with E-state index in [0.717, 1.165) is 4.90 Å². The molecule has 2 aromatic rings. The van der Waals surface area contributed by atoms with Gasteiger partial charge in [-0.15, -0.1) is 0 Å². The van der Waals surface area contributed by atoms with Gasteiger partial charge in [0, 0.05) is 24.2 Å². The lowest BCUT2D eigenvalue weighted by atomic mass is 9.85. The van der Waals surface area contributed by atoms with Gasteiger partial charge in [0.15, 0.2) is 5.41 Å². The molecule has 2 aliphatic heterocycles. The second kappa shape index (κ2) is 6.25. The minimum atomic E-state index is -4.95. The average Bonchev–Trinajstić information content (AvgIpc) is 3.12. The van der Waals surface area contributed by atoms with Gasteiger partial charge in [-0.2, -0.15) is 13.2 Å². The fourth-order valence-corrected chi connectivity index (χ4v) is 3.88. The molecule has 0 spiro atoms. The standard InChI is InChI=1S/C20H16F3NO4/c21-20(22,23)19(18(26)27)9-10-24(11-19)17(25)16-12-5-1-3-7-14(12)28-15-8-4-2-6-13(15)16/h1-8,16H,9-11H2,(H,26,27). The Morgan fingerprint density at radius 3 is 2.04 bits per heavy atom. The van der Waals surface area contributed by atoms with Crippen molar-refractivity contribution >= 4 is 11.9 Å².